The number of nitrogens with two attached hydrogens (primary N) is 1. The van der Waals surface area contributed by atoms with E-state index in [0.29, 0.717) is 18.1 Å². The number of rotatable bonds is 6. The molecule has 4 nitrogen and oxygen atoms in total. The molecule has 0 amide bonds. The Morgan fingerprint density at radius 2 is 1.88 bits per heavy atom. The molecule has 0 saturated heterocycles. The molecule has 16 heavy (non-hydrogen) atoms. The minimum absolute atomic E-state index is 0.146. The Morgan fingerprint density at radius 3 is 2.19 bits per heavy atom. The normalized spacial score (nSPS) is 13.1. The lowest BCUT2D eigenvalue weighted by atomic mass is 10.3. The van der Waals surface area contributed by atoms with E-state index >= 15 is 0 Å². The first-order valence-corrected chi connectivity index (χ1v) is 7.39. The van der Waals surface area contributed by atoms with E-state index in [1.807, 2.05) is 11.8 Å². The van der Waals surface area contributed by atoms with Crippen molar-refractivity contribution in [2.24, 2.45) is 5.73 Å². The van der Waals surface area contributed by atoms with Crippen LogP contribution in [0.3, 0.4) is 0 Å². The van der Waals surface area contributed by atoms with Crippen LogP contribution in [0.1, 0.15) is 27.7 Å². The van der Waals surface area contributed by atoms with E-state index in [4.69, 9.17) is 18.0 Å². The maximum absolute atomic E-state index is 11.9. The molecule has 6 heteroatoms. The molecule has 0 saturated carbocycles. The predicted octanol–water partition coefficient (Wildman–Crippen LogP) is 0.808. The minimum atomic E-state index is -3.06. The maximum Gasteiger partial charge on any atom is 0.156 e. The molecule has 0 aromatic heterocycles. The van der Waals surface area contributed by atoms with Gasteiger partial charge in [-0.15, -0.1) is 0 Å². The molecule has 96 valence electrons. The van der Waals surface area contributed by atoms with Gasteiger partial charge in [-0.2, -0.15) is 0 Å². The van der Waals surface area contributed by atoms with Gasteiger partial charge < -0.3 is 5.73 Å². The van der Waals surface area contributed by atoms with E-state index < -0.39 is 14.6 Å². The molecule has 0 aliphatic heterocycles. The maximum atomic E-state index is 11.9. The largest absolute Gasteiger partial charge is 0.392 e. The number of hydrogen-bond donors (Lipinski definition) is 1. The molecule has 0 fully saturated rings. The fraction of sp³-hybridized carbons (Fsp3) is 0.900. The summed E-state index contributed by atoms with van der Waals surface area (Å²) in [7, 11) is -3.06. The van der Waals surface area contributed by atoms with Gasteiger partial charge in [0.05, 0.1) is 15.5 Å². The second-order valence-electron chi connectivity index (χ2n) is 4.77. The van der Waals surface area contributed by atoms with Crippen LogP contribution < -0.4 is 5.73 Å². The van der Waals surface area contributed by atoms with Crippen molar-refractivity contribution >= 4 is 27.0 Å². The van der Waals surface area contributed by atoms with Gasteiger partial charge in [-0.05, 0) is 27.3 Å². The molecular formula is C10H22N2O2S2. The van der Waals surface area contributed by atoms with Crippen molar-refractivity contribution in [3.8, 4) is 0 Å². The molecule has 0 unspecified atom stereocenters. The molecule has 0 spiro atoms. The van der Waals surface area contributed by atoms with Crippen molar-refractivity contribution in [3.05, 3.63) is 0 Å². The average Bonchev–Trinajstić information content (AvgIpc) is 2.09. The van der Waals surface area contributed by atoms with Gasteiger partial charge in [0.1, 0.15) is 0 Å². The fourth-order valence-corrected chi connectivity index (χ4v) is 2.42. The summed E-state index contributed by atoms with van der Waals surface area (Å²) in [5, 5.41) is 0. The molecule has 0 heterocycles. The molecule has 0 aliphatic carbocycles. The Bertz CT molecular complexity index is 331. The summed E-state index contributed by atoms with van der Waals surface area (Å²) in [6.45, 7) is 8.81. The third-order valence-corrected chi connectivity index (χ3v) is 5.15. The van der Waals surface area contributed by atoms with Crippen molar-refractivity contribution in [2.45, 2.75) is 32.4 Å². The van der Waals surface area contributed by atoms with Crippen LogP contribution in [-0.4, -0.2) is 48.4 Å². The Balaban J connectivity index is 4.38. The predicted molar refractivity (Wildman–Crippen MR) is 72.4 cm³/mol. The summed E-state index contributed by atoms with van der Waals surface area (Å²) < 4.78 is 23.0. The number of nitrogens with zero attached hydrogens (tertiary/aromatic N) is 1. The highest BCUT2D eigenvalue weighted by Gasteiger charge is 2.28. The van der Waals surface area contributed by atoms with Crippen LogP contribution in [-0.2, 0) is 9.84 Å². The highest BCUT2D eigenvalue weighted by molar-refractivity contribution is 7.92. The summed E-state index contributed by atoms with van der Waals surface area (Å²) in [5.41, 5.74) is 5.43. The van der Waals surface area contributed by atoms with Gasteiger partial charge in [0.2, 0.25) is 0 Å². The molecule has 0 radical (unpaired) electrons. The second-order valence-corrected chi connectivity index (χ2v) is 8.15. The van der Waals surface area contributed by atoms with Crippen molar-refractivity contribution < 1.29 is 8.42 Å². The van der Waals surface area contributed by atoms with E-state index in [1.54, 1.807) is 20.8 Å². The lowest BCUT2D eigenvalue weighted by Crippen LogP contribution is -2.39. The first-order chi connectivity index (χ1) is 7.10. The van der Waals surface area contributed by atoms with E-state index in [-0.39, 0.29) is 5.75 Å². The van der Waals surface area contributed by atoms with E-state index in [1.165, 1.54) is 0 Å². The van der Waals surface area contributed by atoms with Crippen LogP contribution in [0.25, 0.3) is 0 Å². The van der Waals surface area contributed by atoms with Gasteiger partial charge >= 0.3 is 0 Å². The van der Waals surface area contributed by atoms with Crippen LogP contribution in [0.4, 0.5) is 0 Å². The van der Waals surface area contributed by atoms with Gasteiger partial charge in [0.25, 0.3) is 0 Å². The zero-order chi connectivity index (χ0) is 13.0. The van der Waals surface area contributed by atoms with Crippen molar-refractivity contribution in [2.75, 3.05) is 25.4 Å². The summed E-state index contributed by atoms with van der Waals surface area (Å²) in [6, 6.07) is 0. The smallest absolute Gasteiger partial charge is 0.156 e. The molecule has 0 aromatic rings. The standard InChI is InChI=1S/C10H22N2O2S2/c1-5-12(8-9(11)15)6-7-16(13,14)10(2,3)4/h5-8H2,1-4H3,(H2,11,15). The monoisotopic (exact) mass is 266 g/mol. The van der Waals surface area contributed by atoms with Crippen LogP contribution in [0, 0.1) is 0 Å². The molecule has 0 bridgehead atoms. The van der Waals surface area contributed by atoms with E-state index in [2.05, 4.69) is 0 Å². The summed E-state index contributed by atoms with van der Waals surface area (Å²) in [4.78, 5) is 2.33. The second kappa shape index (κ2) is 5.93. The number of hydrogen-bond acceptors (Lipinski definition) is 4. The van der Waals surface area contributed by atoms with Gasteiger partial charge in [-0.1, -0.05) is 19.1 Å². The molecular weight excluding hydrogens is 244 g/mol. The minimum Gasteiger partial charge on any atom is -0.392 e. The van der Waals surface area contributed by atoms with Gasteiger partial charge in [0, 0.05) is 13.1 Å². The Morgan fingerprint density at radius 1 is 1.38 bits per heavy atom. The first kappa shape index (κ1) is 15.8. The number of likely N-dealkylation sites (N-methyl/N-ethyl adjacent to an activating group) is 1. The van der Waals surface area contributed by atoms with Gasteiger partial charge in [-0.25, -0.2) is 8.42 Å². The quantitative estimate of drug-likeness (QED) is 0.721. The fourth-order valence-electron chi connectivity index (χ4n) is 1.12. The highest BCUT2D eigenvalue weighted by atomic mass is 32.2. The van der Waals surface area contributed by atoms with E-state index in [9.17, 15) is 8.42 Å². The molecule has 2 N–H and O–H groups in total. The third-order valence-electron chi connectivity index (χ3n) is 2.44. The lowest BCUT2D eigenvalue weighted by Gasteiger charge is -2.23. The van der Waals surface area contributed by atoms with Crippen molar-refractivity contribution in [1.82, 2.24) is 4.90 Å². The number of sulfone groups is 1. The lowest BCUT2D eigenvalue weighted by molar-refractivity contribution is 0.347. The van der Waals surface area contributed by atoms with E-state index in [0.717, 1.165) is 6.54 Å². The Labute approximate surface area is 104 Å². The van der Waals surface area contributed by atoms with Crippen molar-refractivity contribution in [1.29, 1.82) is 0 Å². The average molecular weight is 266 g/mol. The SMILES string of the molecule is CCN(CCS(=O)(=O)C(C)(C)C)CC(N)=S. The van der Waals surface area contributed by atoms with Gasteiger partial charge in [-0.3, -0.25) is 4.90 Å². The van der Waals surface area contributed by atoms with Crippen LogP contribution in [0.5, 0.6) is 0 Å². The van der Waals surface area contributed by atoms with Crippen LogP contribution in [0.2, 0.25) is 0 Å². The molecule has 0 atom stereocenters. The Kier molecular flexibility index (Phi) is 5.86. The molecule has 0 aromatic carbocycles. The highest BCUT2D eigenvalue weighted by Crippen LogP contribution is 2.15. The summed E-state index contributed by atoms with van der Waals surface area (Å²) in [5.74, 6) is 0.146. The Hall–Kier alpha value is -0.200. The van der Waals surface area contributed by atoms with Gasteiger partial charge in [0.15, 0.2) is 9.84 Å². The molecule has 0 rings (SSSR count). The zero-order valence-corrected chi connectivity index (χ0v) is 12.1. The topological polar surface area (TPSA) is 63.4 Å². The van der Waals surface area contributed by atoms with Crippen LogP contribution in [0.15, 0.2) is 0 Å². The third kappa shape index (κ3) is 5.23. The zero-order valence-electron chi connectivity index (χ0n) is 10.5. The van der Waals surface area contributed by atoms with Crippen LogP contribution >= 0.6 is 12.2 Å². The summed E-state index contributed by atoms with van der Waals surface area (Å²) >= 11 is 4.81. The summed E-state index contributed by atoms with van der Waals surface area (Å²) in [6.07, 6.45) is 0. The molecule has 0 aliphatic rings. The first-order valence-electron chi connectivity index (χ1n) is 5.33. The number of thiocarbonyl (C=S) groups is 1. The van der Waals surface area contributed by atoms with Crippen molar-refractivity contribution in [3.63, 3.8) is 0 Å².